The summed E-state index contributed by atoms with van der Waals surface area (Å²) in [5, 5.41) is 0. The van der Waals surface area contributed by atoms with E-state index < -0.39 is 0 Å². The van der Waals surface area contributed by atoms with Crippen LogP contribution in [0.5, 0.6) is 0 Å². The second-order valence-corrected chi connectivity index (χ2v) is 10.8. The van der Waals surface area contributed by atoms with Gasteiger partial charge in [0.25, 0.3) is 0 Å². The first-order valence-electron chi connectivity index (χ1n) is 11.0. The number of rotatable bonds is 4. The number of halogens is 1. The van der Waals surface area contributed by atoms with Crippen LogP contribution in [0.1, 0.15) is 75.9 Å². The van der Waals surface area contributed by atoms with Gasteiger partial charge in [-0.2, -0.15) is 0 Å². The highest BCUT2D eigenvalue weighted by Gasteiger charge is 2.42. The van der Waals surface area contributed by atoms with E-state index in [1.165, 1.54) is 22.3 Å². The molecule has 2 atom stereocenters. The van der Waals surface area contributed by atoms with Crippen LogP contribution in [0.4, 0.5) is 0 Å². The first-order valence-corrected chi connectivity index (χ1v) is 11.0. The highest BCUT2D eigenvalue weighted by Crippen LogP contribution is 2.42. The maximum Gasteiger partial charge on any atom is 0.235 e. The van der Waals surface area contributed by atoms with Gasteiger partial charge in [-0.05, 0) is 36.1 Å². The summed E-state index contributed by atoms with van der Waals surface area (Å²) < 4.78 is 2.58. The van der Waals surface area contributed by atoms with Crippen molar-refractivity contribution in [3.05, 3.63) is 70.8 Å². The number of hydrogen-bond acceptors (Lipinski definition) is 1. The topological polar surface area (TPSA) is 6.25 Å². The van der Waals surface area contributed by atoms with Gasteiger partial charge in [-0.25, -0.2) is 0 Å². The Bertz CT molecular complexity index is 886. The van der Waals surface area contributed by atoms with Crippen molar-refractivity contribution in [3.63, 3.8) is 0 Å². The quantitative estimate of drug-likeness (QED) is 0.444. The number of benzene rings is 2. The molecule has 2 aromatic carbocycles. The predicted molar refractivity (Wildman–Crippen MR) is 125 cm³/mol. The van der Waals surface area contributed by atoms with E-state index in [2.05, 4.69) is 120 Å². The minimum atomic E-state index is 0. The highest BCUT2D eigenvalue weighted by molar-refractivity contribution is 5.53. The summed E-state index contributed by atoms with van der Waals surface area (Å²) in [4.78, 5) is 2.58. The molecule has 0 spiro atoms. The summed E-state index contributed by atoms with van der Waals surface area (Å²) in [6.07, 6.45) is 2.42. The van der Waals surface area contributed by atoms with Gasteiger partial charge >= 0.3 is 0 Å². The van der Waals surface area contributed by atoms with Gasteiger partial charge in [0.1, 0.15) is 25.2 Å². The Balaban J connectivity index is 0.00000320. The number of hydrogen-bond donors (Lipinski definition) is 0. The fourth-order valence-corrected chi connectivity index (χ4v) is 5.00. The van der Waals surface area contributed by atoms with Gasteiger partial charge in [0.15, 0.2) is 0 Å². The van der Waals surface area contributed by atoms with Crippen molar-refractivity contribution in [1.29, 1.82) is 0 Å². The molecule has 0 aromatic heterocycles. The van der Waals surface area contributed by atoms with Gasteiger partial charge in [0.2, 0.25) is 6.34 Å². The minimum absolute atomic E-state index is 0. The average molecular weight is 519 g/mol. The van der Waals surface area contributed by atoms with E-state index in [0.29, 0.717) is 12.1 Å². The van der Waals surface area contributed by atoms with Crippen LogP contribution in [-0.4, -0.2) is 28.9 Å². The molecular weight excluding hydrogens is 479 g/mol. The van der Waals surface area contributed by atoms with Crippen LogP contribution < -0.4 is 24.0 Å². The van der Waals surface area contributed by atoms with Gasteiger partial charge in [-0.3, -0.25) is 9.48 Å². The van der Waals surface area contributed by atoms with Crippen LogP contribution in [0.3, 0.4) is 0 Å². The van der Waals surface area contributed by atoms with Crippen LogP contribution in [0.15, 0.2) is 48.5 Å². The average Bonchev–Trinajstić information content (AvgIpc) is 3.05. The molecular formula is C27H39IN2. The maximum absolute atomic E-state index is 2.58. The lowest BCUT2D eigenvalue weighted by Crippen LogP contribution is -3.00. The summed E-state index contributed by atoms with van der Waals surface area (Å²) >= 11 is 0. The third kappa shape index (κ3) is 5.27. The smallest absolute Gasteiger partial charge is 0.235 e. The van der Waals surface area contributed by atoms with E-state index in [-0.39, 0.29) is 34.8 Å². The molecule has 0 fully saturated rings. The Hall–Kier alpha value is -1.36. The Kier molecular flexibility index (Phi) is 7.82. The monoisotopic (exact) mass is 518 g/mol. The summed E-state index contributed by atoms with van der Waals surface area (Å²) in [7, 11) is 0. The van der Waals surface area contributed by atoms with Crippen molar-refractivity contribution < 1.29 is 28.6 Å². The Morgan fingerprint density at radius 2 is 1.27 bits per heavy atom. The Labute approximate surface area is 201 Å². The minimum Gasteiger partial charge on any atom is -1.00 e. The van der Waals surface area contributed by atoms with Gasteiger partial charge < -0.3 is 24.0 Å². The fourth-order valence-electron chi connectivity index (χ4n) is 5.00. The lowest BCUT2D eigenvalue weighted by atomic mass is 9.80. The van der Waals surface area contributed by atoms with E-state index in [9.17, 15) is 0 Å². The molecule has 2 nitrogen and oxygen atoms in total. The first-order chi connectivity index (χ1) is 13.5. The van der Waals surface area contributed by atoms with E-state index in [0.717, 1.165) is 13.1 Å². The second kappa shape index (κ2) is 9.42. The molecule has 3 heteroatoms. The number of aryl methyl sites for hydroxylation is 2. The Morgan fingerprint density at radius 1 is 0.767 bits per heavy atom. The first kappa shape index (κ1) is 24.9. The van der Waals surface area contributed by atoms with E-state index in [1.807, 2.05) is 0 Å². The largest absolute Gasteiger partial charge is 1.00 e. The van der Waals surface area contributed by atoms with Crippen molar-refractivity contribution in [3.8, 4) is 0 Å². The summed E-state index contributed by atoms with van der Waals surface area (Å²) in [6.45, 7) is 20.8. The normalized spacial score (nSPS) is 16.7. The van der Waals surface area contributed by atoms with Crippen molar-refractivity contribution in [2.45, 2.75) is 67.5 Å². The maximum atomic E-state index is 2.58. The molecule has 1 aliphatic heterocycles. The van der Waals surface area contributed by atoms with Crippen molar-refractivity contribution in [1.82, 2.24) is 4.90 Å². The van der Waals surface area contributed by atoms with Crippen LogP contribution in [0.25, 0.3) is 0 Å². The summed E-state index contributed by atoms with van der Waals surface area (Å²) in [5.74, 6) is 0. The molecule has 0 N–H and O–H groups in total. The zero-order valence-corrected chi connectivity index (χ0v) is 22.2. The van der Waals surface area contributed by atoms with Crippen LogP contribution >= 0.6 is 0 Å². The molecule has 164 valence electrons. The summed E-state index contributed by atoms with van der Waals surface area (Å²) in [6, 6.07) is 18.5. The van der Waals surface area contributed by atoms with Crippen molar-refractivity contribution >= 4 is 6.34 Å². The second-order valence-electron chi connectivity index (χ2n) is 10.8. The lowest BCUT2D eigenvalue weighted by molar-refractivity contribution is -0.576. The third-order valence-corrected chi connectivity index (χ3v) is 6.18. The fraction of sp³-hybridized carbons (Fsp3) is 0.519. The summed E-state index contributed by atoms with van der Waals surface area (Å²) in [5.41, 5.74) is 5.95. The SMILES string of the molecule is Cc1ccccc1[C@H](N1C=[N+]([C@@H](c2ccccc2C)C(C)(C)C)CC1)C(C)(C)C.[I-]. The van der Waals surface area contributed by atoms with Gasteiger partial charge in [0.05, 0.1) is 0 Å². The molecule has 0 radical (unpaired) electrons. The Morgan fingerprint density at radius 3 is 1.73 bits per heavy atom. The highest BCUT2D eigenvalue weighted by atomic mass is 127. The van der Waals surface area contributed by atoms with E-state index in [4.69, 9.17) is 0 Å². The number of nitrogens with zero attached hydrogens (tertiary/aromatic N) is 2. The van der Waals surface area contributed by atoms with Gasteiger partial charge in [-0.15, -0.1) is 0 Å². The molecule has 3 rings (SSSR count). The van der Waals surface area contributed by atoms with Gasteiger partial charge in [-0.1, -0.05) is 90.1 Å². The molecule has 30 heavy (non-hydrogen) atoms. The lowest BCUT2D eigenvalue weighted by Gasteiger charge is -2.34. The van der Waals surface area contributed by atoms with Crippen LogP contribution in [0.2, 0.25) is 0 Å². The van der Waals surface area contributed by atoms with Crippen LogP contribution in [0, 0.1) is 24.7 Å². The molecule has 1 aliphatic rings. The van der Waals surface area contributed by atoms with E-state index >= 15 is 0 Å². The molecule has 0 unspecified atom stereocenters. The third-order valence-electron chi connectivity index (χ3n) is 6.18. The zero-order valence-electron chi connectivity index (χ0n) is 20.0. The van der Waals surface area contributed by atoms with Crippen molar-refractivity contribution in [2.75, 3.05) is 13.1 Å². The van der Waals surface area contributed by atoms with Crippen LogP contribution in [-0.2, 0) is 0 Å². The molecule has 0 saturated heterocycles. The van der Waals surface area contributed by atoms with Crippen molar-refractivity contribution in [2.24, 2.45) is 10.8 Å². The molecule has 0 bridgehead atoms. The predicted octanol–water partition coefficient (Wildman–Crippen LogP) is 3.54. The molecule has 2 aromatic rings. The molecule has 0 amide bonds. The zero-order chi connectivity index (χ0) is 21.4. The molecule has 0 aliphatic carbocycles. The van der Waals surface area contributed by atoms with E-state index in [1.54, 1.807) is 0 Å². The van der Waals surface area contributed by atoms with Gasteiger partial charge in [0, 0.05) is 10.8 Å². The molecule has 1 heterocycles. The standard InChI is InChI=1S/C27H39N2.HI/c1-20-13-9-11-15-22(20)24(26(3,4)5)28-17-18-29(19-28)25(27(6,7)8)23-16-12-10-14-21(23)2;/h9-16,19,24-25H,17-18H2,1-8H3;1H/q+1;/p-1/t24-,25-;/m0./s1. The molecule has 0 saturated carbocycles.